The molecule has 13 aromatic rings. The van der Waals surface area contributed by atoms with Gasteiger partial charge >= 0.3 is 0 Å². The molecule has 0 N–H and O–H groups in total. The van der Waals surface area contributed by atoms with Gasteiger partial charge in [-0.25, -0.2) is 4.98 Å². The maximum atomic E-state index is 6.85. The molecule has 92 heavy (non-hydrogen) atoms. The molecule has 0 atom stereocenters. The molecule has 16 rings (SSSR count). The van der Waals surface area contributed by atoms with Crippen LogP contribution in [-0.2, 0) is 42.7 Å². The first-order valence-electron chi connectivity index (χ1n) is 31.7. The Balaban J connectivity index is 0.00000702. The van der Waals surface area contributed by atoms with Crippen molar-refractivity contribution in [3.05, 3.63) is 307 Å². The number of hydrogen-bond acceptors (Lipinski definition) is 5. The van der Waals surface area contributed by atoms with Gasteiger partial charge in [0.05, 0.1) is 5.41 Å². The van der Waals surface area contributed by atoms with E-state index in [9.17, 15) is 0 Å². The Morgan fingerprint density at radius 1 is 0.424 bits per heavy atom. The zero-order chi connectivity index (χ0) is 62.1. The van der Waals surface area contributed by atoms with E-state index in [1.54, 1.807) is 0 Å². The van der Waals surface area contributed by atoms with Crippen molar-refractivity contribution >= 4 is 44.6 Å². The Kier molecular flexibility index (Phi) is 14.0. The van der Waals surface area contributed by atoms with Crippen LogP contribution in [0.15, 0.2) is 249 Å². The average molecular weight is 1370 g/mol. The molecule has 454 valence electrons. The van der Waals surface area contributed by atoms with Gasteiger partial charge in [-0.15, -0.1) is 48.1 Å². The van der Waals surface area contributed by atoms with Gasteiger partial charge in [-0.3, -0.25) is 0 Å². The summed E-state index contributed by atoms with van der Waals surface area (Å²) in [6.07, 6.45) is 1.97. The molecular formula is C85H69N4O2Pt-3. The van der Waals surface area contributed by atoms with Crippen molar-refractivity contribution in [1.29, 1.82) is 0 Å². The van der Waals surface area contributed by atoms with Crippen molar-refractivity contribution in [2.75, 3.05) is 9.80 Å². The second-order valence-electron chi connectivity index (χ2n) is 27.7. The van der Waals surface area contributed by atoms with Gasteiger partial charge in [0, 0.05) is 89.2 Å². The number of para-hydroxylation sites is 6. The van der Waals surface area contributed by atoms with Gasteiger partial charge < -0.3 is 23.8 Å². The molecule has 0 radical (unpaired) electrons. The van der Waals surface area contributed by atoms with E-state index < -0.39 is 5.41 Å². The largest absolute Gasteiger partial charge is 0.509 e. The second-order valence-corrected chi connectivity index (χ2v) is 27.7. The molecule has 2 aliphatic heterocycles. The van der Waals surface area contributed by atoms with Crippen molar-refractivity contribution in [3.8, 4) is 73.3 Å². The molecule has 1 spiro atoms. The van der Waals surface area contributed by atoms with Crippen LogP contribution in [-0.4, -0.2) is 9.55 Å². The predicted molar refractivity (Wildman–Crippen MR) is 374 cm³/mol. The molecule has 1 aliphatic carbocycles. The summed E-state index contributed by atoms with van der Waals surface area (Å²) in [7, 11) is 0. The molecular weight excluding hydrogens is 1300 g/mol. The fourth-order valence-electron chi connectivity index (χ4n) is 14.2. The van der Waals surface area contributed by atoms with Gasteiger partial charge in [0.25, 0.3) is 0 Å². The van der Waals surface area contributed by atoms with Crippen LogP contribution in [0.2, 0.25) is 0 Å². The third-order valence-corrected chi connectivity index (χ3v) is 18.9. The first-order valence-corrected chi connectivity index (χ1v) is 31.7. The van der Waals surface area contributed by atoms with Crippen LogP contribution in [0.25, 0.3) is 72.1 Å². The van der Waals surface area contributed by atoms with E-state index in [-0.39, 0.29) is 37.3 Å². The summed E-state index contributed by atoms with van der Waals surface area (Å²) < 4.78 is 15.7. The van der Waals surface area contributed by atoms with Crippen LogP contribution in [0.4, 0.5) is 22.7 Å². The minimum Gasteiger partial charge on any atom is -0.509 e. The fraction of sp³-hybridized carbons (Fsp3) is 0.153. The Labute approximate surface area is 554 Å². The SMILES string of the molecule is CC(C)(C)c1ccc(-c2ccc(-n3c4[c-]c(Oc5[c-]c(N6[CH-]N(c7c(-c8cc(C(C)(C)C)cc(C(C)(C)C)c8)cccc7-c7ccc8c(c7)-c7ccccc7C87c8ccccc8Oc8ccccc87)c7ccccc76)ccc5)ccc4c4ccccc43)nc2)cc1.[Pt]. The summed E-state index contributed by atoms with van der Waals surface area (Å²) >= 11 is 0. The fourth-order valence-corrected chi connectivity index (χ4v) is 14.2. The number of fused-ring (bicyclic) bond motifs is 13. The predicted octanol–water partition coefficient (Wildman–Crippen LogP) is 22.3. The van der Waals surface area contributed by atoms with Gasteiger partial charge in [-0.05, 0) is 126 Å². The second kappa shape index (κ2) is 22.0. The van der Waals surface area contributed by atoms with Crippen LogP contribution in [0.1, 0.15) is 101 Å². The Morgan fingerprint density at radius 3 is 1.67 bits per heavy atom. The van der Waals surface area contributed by atoms with Crippen molar-refractivity contribution in [2.24, 2.45) is 0 Å². The molecule has 0 unspecified atom stereocenters. The van der Waals surface area contributed by atoms with Crippen molar-refractivity contribution in [1.82, 2.24) is 9.55 Å². The van der Waals surface area contributed by atoms with Crippen LogP contribution in [0, 0.1) is 18.8 Å². The normalized spacial score (nSPS) is 13.7. The monoisotopic (exact) mass is 1370 g/mol. The minimum absolute atomic E-state index is 0. The van der Waals surface area contributed by atoms with Crippen molar-refractivity contribution in [2.45, 2.75) is 84.0 Å². The van der Waals surface area contributed by atoms with E-state index in [1.807, 2.05) is 24.4 Å². The summed E-state index contributed by atoms with van der Waals surface area (Å²) in [5, 5.41) is 2.19. The molecule has 0 saturated carbocycles. The van der Waals surface area contributed by atoms with Crippen LogP contribution in [0.5, 0.6) is 23.0 Å². The number of rotatable bonds is 8. The van der Waals surface area contributed by atoms with E-state index >= 15 is 0 Å². The summed E-state index contributed by atoms with van der Waals surface area (Å²) in [5.74, 6) is 3.71. The first kappa shape index (κ1) is 58.6. The Morgan fingerprint density at radius 2 is 0.989 bits per heavy atom. The molecule has 0 fully saturated rings. The molecule has 0 saturated heterocycles. The van der Waals surface area contributed by atoms with Gasteiger partial charge in [0.15, 0.2) is 0 Å². The maximum Gasteiger partial charge on any atom is 0.135 e. The minimum atomic E-state index is -0.579. The van der Waals surface area contributed by atoms with Crippen LogP contribution >= 0.6 is 0 Å². The van der Waals surface area contributed by atoms with E-state index in [2.05, 4.69) is 320 Å². The van der Waals surface area contributed by atoms with Crippen LogP contribution in [0.3, 0.4) is 0 Å². The zero-order valence-electron chi connectivity index (χ0n) is 53.2. The molecule has 2 aromatic heterocycles. The number of anilines is 4. The molecule has 0 amide bonds. The van der Waals surface area contributed by atoms with Gasteiger partial charge in [-0.1, -0.05) is 232 Å². The standard InChI is InChI=1S/C85H69N4O2.Pt/c1-82(2,3)58-40-36-54(37-41-58)56-39-45-80(86-52-56)89-74-31-15-11-25-67(74)68-43-42-63(51-77(68)89)90-62-23-20-22-61(50-62)87-53-88(76-33-17-16-32-75(76)87)81-64(26-21-27-65(81)57-46-59(83(4,5)6)49-60(47-57)84(7,8)9)55-38-44-71-69(48-55)66-24-10-12-28-70(66)85(71)72-29-13-18-34-78(72)91-79-35-19-14-30-73(79)85;/h10-49,52-53H,1-9H3;/q-3;. The van der Waals surface area contributed by atoms with E-state index in [4.69, 9.17) is 14.5 Å². The quantitative estimate of drug-likeness (QED) is 0.142. The Bertz CT molecular complexity index is 4980. The van der Waals surface area contributed by atoms with E-state index in [0.29, 0.717) is 11.5 Å². The molecule has 0 bridgehead atoms. The molecule has 11 aromatic carbocycles. The molecule has 7 heteroatoms. The number of benzene rings is 11. The van der Waals surface area contributed by atoms with Crippen LogP contribution < -0.4 is 19.3 Å². The summed E-state index contributed by atoms with van der Waals surface area (Å²) in [5.41, 5.74) is 23.1. The van der Waals surface area contributed by atoms with E-state index in [0.717, 1.165) is 101 Å². The number of ether oxygens (including phenoxy) is 2. The number of pyridine rings is 1. The molecule has 6 nitrogen and oxygen atoms in total. The third-order valence-electron chi connectivity index (χ3n) is 18.9. The van der Waals surface area contributed by atoms with Crippen molar-refractivity contribution in [3.63, 3.8) is 0 Å². The number of aromatic nitrogens is 2. The van der Waals surface area contributed by atoms with Gasteiger partial charge in [-0.2, -0.15) is 12.1 Å². The maximum absolute atomic E-state index is 6.85. The van der Waals surface area contributed by atoms with Gasteiger partial charge in [0.1, 0.15) is 17.3 Å². The zero-order valence-corrected chi connectivity index (χ0v) is 55.4. The van der Waals surface area contributed by atoms with E-state index in [1.165, 1.54) is 44.5 Å². The smallest absolute Gasteiger partial charge is 0.135 e. The third kappa shape index (κ3) is 9.59. The molecule has 3 aliphatic rings. The number of hydrogen-bond donors (Lipinski definition) is 0. The first-order chi connectivity index (χ1) is 44.0. The summed E-state index contributed by atoms with van der Waals surface area (Å²) in [6.45, 7) is 22.9. The van der Waals surface area contributed by atoms with Crippen molar-refractivity contribution < 1.29 is 30.5 Å². The summed E-state index contributed by atoms with van der Waals surface area (Å²) in [4.78, 5) is 9.74. The topological polar surface area (TPSA) is 42.8 Å². The average Bonchev–Trinajstić information content (AvgIpc) is 1.49. The van der Waals surface area contributed by atoms with Gasteiger partial charge in [0.2, 0.25) is 0 Å². The molecule has 4 heterocycles. The summed E-state index contributed by atoms with van der Waals surface area (Å²) in [6, 6.07) is 95.4. The number of nitrogens with zero attached hydrogens (tertiary/aromatic N) is 4. The Hall–Kier alpha value is -9.74.